The molecule has 0 aromatic carbocycles. The number of halogens is 2. The number of aromatic nitrogens is 3. The summed E-state index contributed by atoms with van der Waals surface area (Å²) in [6.07, 6.45) is 4.44. The summed E-state index contributed by atoms with van der Waals surface area (Å²) in [5, 5.41) is 10.5. The van der Waals surface area contributed by atoms with Crippen LogP contribution in [0.3, 0.4) is 0 Å². The second-order valence-electron chi connectivity index (χ2n) is 5.06. The first-order valence-electron chi connectivity index (χ1n) is 6.47. The number of aliphatic hydroxyl groups is 1. The highest BCUT2D eigenvalue weighted by Gasteiger charge is 2.23. The number of pyridine rings is 1. The predicted molar refractivity (Wildman–Crippen MR) is 85.0 cm³/mol. The Labute approximate surface area is 134 Å². The minimum Gasteiger partial charge on any atom is -0.393 e. The van der Waals surface area contributed by atoms with Crippen LogP contribution in [0.15, 0.2) is 17.2 Å². The van der Waals surface area contributed by atoms with Gasteiger partial charge in [0, 0.05) is 6.04 Å². The second kappa shape index (κ2) is 5.57. The molecule has 0 radical (unpaired) electrons. The van der Waals surface area contributed by atoms with Crippen molar-refractivity contribution < 1.29 is 5.11 Å². The lowest BCUT2D eigenvalue weighted by Crippen LogP contribution is -2.30. The highest BCUT2D eigenvalue weighted by atomic mass is 127. The van der Waals surface area contributed by atoms with E-state index in [9.17, 15) is 9.90 Å². The SMILES string of the molecule is O=c1c2cc(Cl)nc(I)c2ncn1C1CCCC(O)C1. The molecule has 1 N–H and O–H groups in total. The van der Waals surface area contributed by atoms with E-state index in [1.54, 1.807) is 17.0 Å². The van der Waals surface area contributed by atoms with E-state index >= 15 is 0 Å². The Kier molecular flexibility index (Phi) is 3.96. The van der Waals surface area contributed by atoms with E-state index < -0.39 is 0 Å². The Balaban J connectivity index is 2.14. The smallest absolute Gasteiger partial charge is 0.261 e. The monoisotopic (exact) mass is 405 g/mol. The zero-order valence-corrected chi connectivity index (χ0v) is 13.5. The van der Waals surface area contributed by atoms with Crippen LogP contribution in [0.4, 0.5) is 0 Å². The lowest BCUT2D eigenvalue weighted by atomic mass is 9.93. The van der Waals surface area contributed by atoms with Gasteiger partial charge in [0.25, 0.3) is 5.56 Å². The minimum atomic E-state index is -0.336. The molecule has 7 heteroatoms. The summed E-state index contributed by atoms with van der Waals surface area (Å²) in [7, 11) is 0. The fraction of sp³-hybridized carbons (Fsp3) is 0.462. The predicted octanol–water partition coefficient (Wildman–Crippen LogP) is 2.53. The molecule has 0 saturated heterocycles. The molecule has 1 saturated carbocycles. The molecular weight excluding hydrogens is 393 g/mol. The van der Waals surface area contributed by atoms with Crippen molar-refractivity contribution in [1.82, 2.24) is 14.5 Å². The Morgan fingerprint density at radius 1 is 1.45 bits per heavy atom. The zero-order valence-electron chi connectivity index (χ0n) is 10.6. The van der Waals surface area contributed by atoms with Gasteiger partial charge in [-0.2, -0.15) is 0 Å². The van der Waals surface area contributed by atoms with E-state index in [2.05, 4.69) is 9.97 Å². The third-order valence-corrected chi connectivity index (χ3v) is 4.65. The maximum Gasteiger partial charge on any atom is 0.261 e. The lowest BCUT2D eigenvalue weighted by Gasteiger charge is -2.27. The Hall–Kier alpha value is -0.730. The third kappa shape index (κ3) is 2.56. The van der Waals surface area contributed by atoms with Gasteiger partial charge in [-0.3, -0.25) is 9.36 Å². The van der Waals surface area contributed by atoms with Crippen molar-refractivity contribution in [3.05, 3.63) is 31.6 Å². The van der Waals surface area contributed by atoms with Crippen molar-refractivity contribution in [2.45, 2.75) is 37.8 Å². The zero-order chi connectivity index (χ0) is 14.3. The van der Waals surface area contributed by atoms with Crippen molar-refractivity contribution >= 4 is 45.1 Å². The van der Waals surface area contributed by atoms with Crippen molar-refractivity contribution in [1.29, 1.82) is 0 Å². The van der Waals surface area contributed by atoms with Gasteiger partial charge in [-0.15, -0.1) is 0 Å². The molecule has 1 aliphatic rings. The molecule has 1 fully saturated rings. The Bertz CT molecular complexity index is 719. The normalized spacial score (nSPS) is 23.1. The molecule has 2 aromatic heterocycles. The van der Waals surface area contributed by atoms with Gasteiger partial charge in [0.05, 0.1) is 17.8 Å². The van der Waals surface area contributed by atoms with Crippen LogP contribution >= 0.6 is 34.2 Å². The molecule has 106 valence electrons. The van der Waals surface area contributed by atoms with Crippen molar-refractivity contribution in [3.63, 3.8) is 0 Å². The first kappa shape index (κ1) is 14.2. The van der Waals surface area contributed by atoms with Gasteiger partial charge in [0.2, 0.25) is 0 Å². The summed E-state index contributed by atoms with van der Waals surface area (Å²) < 4.78 is 2.25. The van der Waals surface area contributed by atoms with Gasteiger partial charge >= 0.3 is 0 Å². The minimum absolute atomic E-state index is 0.00718. The van der Waals surface area contributed by atoms with Crippen molar-refractivity contribution in [2.75, 3.05) is 0 Å². The molecule has 1 aliphatic carbocycles. The number of aliphatic hydroxyl groups excluding tert-OH is 1. The second-order valence-corrected chi connectivity index (χ2v) is 6.47. The van der Waals surface area contributed by atoms with Gasteiger partial charge in [-0.05, 0) is 54.3 Å². The Morgan fingerprint density at radius 2 is 2.25 bits per heavy atom. The van der Waals surface area contributed by atoms with Gasteiger partial charge in [0.1, 0.15) is 14.4 Å². The summed E-state index contributed by atoms with van der Waals surface area (Å²) in [5.74, 6) is 0. The molecule has 2 aromatic rings. The topological polar surface area (TPSA) is 68.0 Å². The third-order valence-electron chi connectivity index (χ3n) is 3.71. The van der Waals surface area contributed by atoms with Crippen LogP contribution < -0.4 is 5.56 Å². The van der Waals surface area contributed by atoms with E-state index in [1.807, 2.05) is 22.6 Å². The first-order chi connectivity index (χ1) is 9.56. The summed E-state index contributed by atoms with van der Waals surface area (Å²) in [4.78, 5) is 21.0. The fourth-order valence-electron chi connectivity index (χ4n) is 2.73. The average Bonchev–Trinajstić information content (AvgIpc) is 2.40. The van der Waals surface area contributed by atoms with Crippen LogP contribution in [0.25, 0.3) is 10.9 Å². The van der Waals surface area contributed by atoms with Gasteiger partial charge in [-0.25, -0.2) is 9.97 Å². The van der Waals surface area contributed by atoms with E-state index in [4.69, 9.17) is 11.6 Å². The first-order valence-corrected chi connectivity index (χ1v) is 7.93. The number of nitrogens with zero attached hydrogens (tertiary/aromatic N) is 3. The van der Waals surface area contributed by atoms with Crippen LogP contribution in [-0.4, -0.2) is 25.7 Å². The summed E-state index contributed by atoms with van der Waals surface area (Å²) >= 11 is 7.95. The van der Waals surface area contributed by atoms with Crippen LogP contribution in [0, 0.1) is 3.70 Å². The lowest BCUT2D eigenvalue weighted by molar-refractivity contribution is 0.103. The quantitative estimate of drug-likeness (QED) is 0.585. The molecule has 2 unspecified atom stereocenters. The summed E-state index contributed by atoms with van der Waals surface area (Å²) in [6.45, 7) is 0. The average molecular weight is 406 g/mol. The molecule has 2 atom stereocenters. The van der Waals surface area contributed by atoms with Crippen LogP contribution in [0.1, 0.15) is 31.7 Å². The summed E-state index contributed by atoms with van der Waals surface area (Å²) in [5.41, 5.74) is 0.462. The largest absolute Gasteiger partial charge is 0.393 e. The maximum absolute atomic E-state index is 12.6. The molecule has 0 spiro atoms. The molecule has 3 rings (SSSR count). The standard InChI is InChI=1S/C13H13ClIN3O2/c14-10-5-9-11(12(15)17-10)16-6-18(13(9)20)7-2-1-3-8(19)4-7/h5-8,19H,1-4H2. The van der Waals surface area contributed by atoms with Crippen molar-refractivity contribution in [3.8, 4) is 0 Å². The van der Waals surface area contributed by atoms with E-state index in [-0.39, 0.29) is 17.7 Å². The fourth-order valence-corrected chi connectivity index (χ4v) is 3.75. The molecule has 20 heavy (non-hydrogen) atoms. The molecule has 0 amide bonds. The van der Waals surface area contributed by atoms with E-state index in [1.165, 1.54) is 0 Å². The number of rotatable bonds is 1. The van der Waals surface area contributed by atoms with Crippen LogP contribution in [0.2, 0.25) is 5.15 Å². The molecule has 5 nitrogen and oxygen atoms in total. The van der Waals surface area contributed by atoms with Gasteiger partial charge < -0.3 is 5.11 Å². The van der Waals surface area contributed by atoms with Crippen LogP contribution in [-0.2, 0) is 0 Å². The molecule has 2 heterocycles. The van der Waals surface area contributed by atoms with Crippen LogP contribution in [0.5, 0.6) is 0 Å². The number of hydrogen-bond donors (Lipinski definition) is 1. The van der Waals surface area contributed by atoms with E-state index in [0.29, 0.717) is 26.2 Å². The highest BCUT2D eigenvalue weighted by Crippen LogP contribution is 2.28. The summed E-state index contributed by atoms with van der Waals surface area (Å²) in [6, 6.07) is 1.57. The van der Waals surface area contributed by atoms with E-state index in [0.717, 1.165) is 19.3 Å². The number of fused-ring (bicyclic) bond motifs is 1. The number of hydrogen-bond acceptors (Lipinski definition) is 4. The Morgan fingerprint density at radius 3 is 3.00 bits per heavy atom. The molecular formula is C13H13ClIN3O2. The molecule has 0 aliphatic heterocycles. The van der Waals surface area contributed by atoms with Gasteiger partial charge in [-0.1, -0.05) is 11.6 Å². The van der Waals surface area contributed by atoms with Gasteiger partial charge in [0.15, 0.2) is 0 Å². The highest BCUT2D eigenvalue weighted by molar-refractivity contribution is 14.1. The molecule has 0 bridgehead atoms. The van der Waals surface area contributed by atoms with Crippen molar-refractivity contribution in [2.24, 2.45) is 0 Å². The maximum atomic E-state index is 12.6.